The fourth-order valence-corrected chi connectivity index (χ4v) is 5.64. The molecule has 1 N–H and O–H groups in total. The van der Waals surface area contributed by atoms with Crippen LogP contribution >= 0.6 is 0 Å². The highest BCUT2D eigenvalue weighted by Crippen LogP contribution is 2.31. The van der Waals surface area contributed by atoms with Crippen molar-refractivity contribution >= 4 is 49.2 Å². The Kier molecular flexibility index (Phi) is 6.24. The molecular formula is C29H26N2O4S. The van der Waals surface area contributed by atoms with Crippen LogP contribution in [0, 0.1) is 0 Å². The van der Waals surface area contributed by atoms with E-state index in [1.165, 1.54) is 12.1 Å². The van der Waals surface area contributed by atoms with Crippen molar-refractivity contribution < 1.29 is 17.6 Å². The van der Waals surface area contributed by atoms with Crippen molar-refractivity contribution in [2.45, 2.75) is 24.7 Å². The van der Waals surface area contributed by atoms with Crippen LogP contribution in [0.1, 0.15) is 25.3 Å². The zero-order chi connectivity index (χ0) is 25.3. The molecule has 5 aromatic rings. The number of rotatable bonds is 7. The van der Waals surface area contributed by atoms with E-state index in [2.05, 4.69) is 19.2 Å². The predicted octanol–water partition coefficient (Wildman–Crippen LogP) is 6.54. The third-order valence-electron chi connectivity index (χ3n) is 6.13. The summed E-state index contributed by atoms with van der Waals surface area (Å²) in [5, 5.41) is 4.77. The molecule has 0 atom stereocenters. The quantitative estimate of drug-likeness (QED) is 0.276. The van der Waals surface area contributed by atoms with Gasteiger partial charge in [0.1, 0.15) is 17.7 Å². The summed E-state index contributed by atoms with van der Waals surface area (Å²) < 4.78 is 34.1. The number of amides is 1. The average molecular weight is 499 g/mol. The summed E-state index contributed by atoms with van der Waals surface area (Å²) in [6.07, 6.45) is 0. The lowest BCUT2D eigenvalue weighted by Crippen LogP contribution is -2.38. The van der Waals surface area contributed by atoms with E-state index in [4.69, 9.17) is 4.42 Å². The first-order chi connectivity index (χ1) is 17.3. The Labute approximate surface area is 210 Å². The van der Waals surface area contributed by atoms with Gasteiger partial charge in [0.25, 0.3) is 10.0 Å². The standard InChI is InChI=1S/C29H26N2O4S/c1-20(2)21-12-15-23(16-13-21)31(36(33,34)24-8-4-3-5-9-24)19-29(32)30-22-14-17-26-25-10-6-7-11-27(25)35-28(26)18-22/h3-18,20H,19H2,1-2H3,(H,30,32). The van der Waals surface area contributed by atoms with E-state index in [9.17, 15) is 13.2 Å². The molecule has 0 aliphatic rings. The van der Waals surface area contributed by atoms with Gasteiger partial charge in [0, 0.05) is 22.5 Å². The van der Waals surface area contributed by atoms with Crippen LogP contribution in [-0.4, -0.2) is 20.9 Å². The van der Waals surface area contributed by atoms with E-state index < -0.39 is 15.9 Å². The maximum absolute atomic E-state index is 13.5. The Bertz CT molecular complexity index is 1640. The largest absolute Gasteiger partial charge is 0.456 e. The van der Waals surface area contributed by atoms with Gasteiger partial charge in [-0.05, 0) is 53.9 Å². The molecule has 6 nitrogen and oxygen atoms in total. The number of benzene rings is 4. The third kappa shape index (κ3) is 4.57. The number of anilines is 2. The molecule has 0 aliphatic carbocycles. The van der Waals surface area contributed by atoms with Crippen LogP contribution < -0.4 is 9.62 Å². The molecule has 0 fully saturated rings. The zero-order valence-corrected chi connectivity index (χ0v) is 20.8. The molecule has 0 aliphatic heterocycles. The molecular weight excluding hydrogens is 472 g/mol. The van der Waals surface area contributed by atoms with Crippen LogP contribution in [-0.2, 0) is 14.8 Å². The van der Waals surface area contributed by atoms with Crippen LogP contribution in [0.4, 0.5) is 11.4 Å². The molecule has 0 unspecified atom stereocenters. The average Bonchev–Trinajstić information content (AvgIpc) is 3.25. The van der Waals surface area contributed by atoms with Crippen LogP contribution in [0.25, 0.3) is 21.9 Å². The molecule has 7 heteroatoms. The van der Waals surface area contributed by atoms with Crippen LogP contribution in [0.15, 0.2) is 106 Å². The lowest BCUT2D eigenvalue weighted by atomic mass is 10.0. The Morgan fingerprint density at radius 1 is 0.833 bits per heavy atom. The molecule has 0 bridgehead atoms. The van der Waals surface area contributed by atoms with Crippen molar-refractivity contribution in [1.29, 1.82) is 0 Å². The molecule has 1 amide bonds. The smallest absolute Gasteiger partial charge is 0.264 e. The monoisotopic (exact) mass is 498 g/mol. The van der Waals surface area contributed by atoms with Gasteiger partial charge in [-0.15, -0.1) is 0 Å². The molecule has 0 radical (unpaired) electrons. The first kappa shape index (κ1) is 23.6. The number of furan rings is 1. The number of sulfonamides is 1. The second-order valence-corrected chi connectivity index (χ2v) is 10.8. The summed E-state index contributed by atoms with van der Waals surface area (Å²) in [7, 11) is -3.97. The minimum absolute atomic E-state index is 0.120. The molecule has 182 valence electrons. The number of para-hydroxylation sites is 1. The molecule has 5 rings (SSSR count). The van der Waals surface area contributed by atoms with Crippen molar-refractivity contribution in [3.8, 4) is 0 Å². The number of carbonyl (C=O) groups excluding carboxylic acids is 1. The fraction of sp³-hybridized carbons (Fsp3) is 0.138. The van der Waals surface area contributed by atoms with E-state index in [-0.39, 0.29) is 11.4 Å². The maximum Gasteiger partial charge on any atom is 0.264 e. The predicted molar refractivity (Wildman–Crippen MR) is 144 cm³/mol. The normalized spacial score (nSPS) is 11.8. The van der Waals surface area contributed by atoms with E-state index in [0.29, 0.717) is 22.9 Å². The summed E-state index contributed by atoms with van der Waals surface area (Å²) in [6.45, 7) is 3.76. The molecule has 0 spiro atoms. The van der Waals surface area contributed by atoms with E-state index >= 15 is 0 Å². The zero-order valence-electron chi connectivity index (χ0n) is 20.0. The Morgan fingerprint density at radius 3 is 2.22 bits per heavy atom. The first-order valence-electron chi connectivity index (χ1n) is 11.7. The van der Waals surface area contributed by atoms with Crippen molar-refractivity contribution in [2.75, 3.05) is 16.2 Å². The third-order valence-corrected chi connectivity index (χ3v) is 7.92. The Balaban J connectivity index is 1.44. The molecule has 36 heavy (non-hydrogen) atoms. The maximum atomic E-state index is 13.5. The topological polar surface area (TPSA) is 79.6 Å². The van der Waals surface area contributed by atoms with Gasteiger partial charge in [-0.1, -0.05) is 62.4 Å². The van der Waals surface area contributed by atoms with Crippen molar-refractivity contribution in [3.63, 3.8) is 0 Å². The number of nitrogens with zero attached hydrogens (tertiary/aromatic N) is 1. The van der Waals surface area contributed by atoms with Crippen molar-refractivity contribution in [1.82, 2.24) is 0 Å². The van der Waals surface area contributed by atoms with Crippen molar-refractivity contribution in [2.24, 2.45) is 0 Å². The number of carbonyl (C=O) groups is 1. The van der Waals surface area contributed by atoms with Gasteiger partial charge in [0.05, 0.1) is 10.6 Å². The Hall–Kier alpha value is -4.10. The van der Waals surface area contributed by atoms with Gasteiger partial charge in [0.2, 0.25) is 5.91 Å². The molecule has 1 aromatic heterocycles. The van der Waals surface area contributed by atoms with Gasteiger partial charge < -0.3 is 9.73 Å². The minimum Gasteiger partial charge on any atom is -0.456 e. The van der Waals surface area contributed by atoms with Crippen LogP contribution in [0.5, 0.6) is 0 Å². The lowest BCUT2D eigenvalue weighted by Gasteiger charge is -2.24. The fourth-order valence-electron chi connectivity index (χ4n) is 4.19. The number of nitrogens with one attached hydrogen (secondary N) is 1. The number of hydrogen-bond donors (Lipinski definition) is 1. The number of fused-ring (bicyclic) bond motifs is 3. The van der Waals surface area contributed by atoms with E-state index in [0.717, 1.165) is 26.2 Å². The van der Waals surface area contributed by atoms with Crippen LogP contribution in [0.3, 0.4) is 0 Å². The van der Waals surface area contributed by atoms with Crippen LogP contribution in [0.2, 0.25) is 0 Å². The highest BCUT2D eigenvalue weighted by molar-refractivity contribution is 7.92. The Morgan fingerprint density at radius 2 is 1.50 bits per heavy atom. The van der Waals surface area contributed by atoms with Gasteiger partial charge in [-0.2, -0.15) is 0 Å². The summed E-state index contributed by atoms with van der Waals surface area (Å²) in [6, 6.07) is 28.5. The van der Waals surface area contributed by atoms with Gasteiger partial charge in [-0.3, -0.25) is 9.10 Å². The number of hydrogen-bond acceptors (Lipinski definition) is 4. The highest BCUT2D eigenvalue weighted by Gasteiger charge is 2.27. The van der Waals surface area contributed by atoms with E-state index in [1.807, 2.05) is 42.5 Å². The van der Waals surface area contributed by atoms with Gasteiger partial charge >= 0.3 is 0 Å². The second-order valence-electron chi connectivity index (χ2n) is 8.93. The second kappa shape index (κ2) is 9.51. The summed E-state index contributed by atoms with van der Waals surface area (Å²) >= 11 is 0. The molecule has 0 saturated carbocycles. The van der Waals surface area contributed by atoms with Gasteiger partial charge in [0.15, 0.2) is 0 Å². The molecule has 0 saturated heterocycles. The molecule has 1 heterocycles. The SMILES string of the molecule is CC(C)c1ccc(N(CC(=O)Nc2ccc3c(c2)oc2ccccc23)S(=O)(=O)c2ccccc2)cc1. The first-order valence-corrected chi connectivity index (χ1v) is 13.2. The highest BCUT2D eigenvalue weighted by atomic mass is 32.2. The molecule has 4 aromatic carbocycles. The summed E-state index contributed by atoms with van der Waals surface area (Å²) in [5.74, 6) is -0.160. The summed E-state index contributed by atoms with van der Waals surface area (Å²) in [5.41, 5.74) is 3.44. The van der Waals surface area contributed by atoms with Crippen molar-refractivity contribution in [3.05, 3.63) is 103 Å². The van der Waals surface area contributed by atoms with E-state index in [1.54, 1.807) is 42.5 Å². The van der Waals surface area contributed by atoms with Gasteiger partial charge in [-0.25, -0.2) is 8.42 Å². The summed E-state index contributed by atoms with van der Waals surface area (Å²) in [4.78, 5) is 13.2. The minimum atomic E-state index is -3.97. The lowest BCUT2D eigenvalue weighted by molar-refractivity contribution is -0.114.